The second-order valence-corrected chi connectivity index (χ2v) is 13.3. The molecule has 2 aromatic rings. The van der Waals surface area contributed by atoms with E-state index in [2.05, 4.69) is 4.98 Å². The maximum absolute atomic E-state index is 14.4. The van der Waals surface area contributed by atoms with E-state index in [4.69, 9.17) is 4.74 Å². The minimum atomic E-state index is -5.07. The zero-order chi connectivity index (χ0) is 31.7. The van der Waals surface area contributed by atoms with Crippen LogP contribution in [-0.2, 0) is 22.8 Å². The van der Waals surface area contributed by atoms with Gasteiger partial charge in [-0.05, 0) is 38.3 Å². The number of hydrogen-bond acceptors (Lipinski definition) is 6. The Hall–Kier alpha value is -3.14. The van der Waals surface area contributed by atoms with Crippen molar-refractivity contribution < 1.29 is 53.8 Å². The molecule has 43 heavy (non-hydrogen) atoms. The monoisotopic (exact) mass is 639 g/mol. The van der Waals surface area contributed by atoms with E-state index in [-0.39, 0.29) is 37.1 Å². The minimum Gasteiger partial charge on any atom is -0.488 e. The van der Waals surface area contributed by atoms with E-state index in [0.717, 1.165) is 11.4 Å². The molecule has 3 atom stereocenters. The molecule has 8 nitrogen and oxygen atoms in total. The SMILES string of the molecule is CN1[C@H](CCC(C)(F)F)CN(C2CC3C(C2)C3(F)F)c2cc(C(F)(F)F)c(OCc3cccnc3C(=O)O)cc2S1(=O)=O. The molecule has 236 valence electrons. The molecule has 0 saturated heterocycles. The number of alkyl halides is 7. The summed E-state index contributed by atoms with van der Waals surface area (Å²) >= 11 is 0. The number of hydrogen-bond donors (Lipinski definition) is 1. The molecule has 0 radical (unpaired) electrons. The molecule has 2 unspecified atom stereocenters. The largest absolute Gasteiger partial charge is 0.488 e. The van der Waals surface area contributed by atoms with Gasteiger partial charge in [-0.3, -0.25) is 0 Å². The van der Waals surface area contributed by atoms with Crippen LogP contribution in [0.5, 0.6) is 5.75 Å². The molecule has 0 spiro atoms. The van der Waals surface area contributed by atoms with Crippen LogP contribution in [0.3, 0.4) is 0 Å². The van der Waals surface area contributed by atoms with Gasteiger partial charge in [0.25, 0.3) is 5.92 Å². The van der Waals surface area contributed by atoms with E-state index in [0.29, 0.717) is 19.1 Å². The fourth-order valence-electron chi connectivity index (χ4n) is 6.10. The number of carbonyl (C=O) groups is 1. The van der Waals surface area contributed by atoms with Crippen molar-refractivity contribution in [3.05, 3.63) is 47.3 Å². The first-order chi connectivity index (χ1) is 19.8. The van der Waals surface area contributed by atoms with Gasteiger partial charge in [0.1, 0.15) is 17.3 Å². The van der Waals surface area contributed by atoms with Crippen molar-refractivity contribution in [3.8, 4) is 5.75 Å². The van der Waals surface area contributed by atoms with Crippen molar-refractivity contribution in [2.45, 2.75) is 74.2 Å². The Kier molecular flexibility index (Phi) is 7.64. The van der Waals surface area contributed by atoms with Gasteiger partial charge in [-0.2, -0.15) is 17.5 Å². The number of anilines is 1. The Morgan fingerprint density at radius 1 is 1.16 bits per heavy atom. The maximum atomic E-state index is 14.4. The molecule has 5 rings (SSSR count). The van der Waals surface area contributed by atoms with Crippen LogP contribution in [0.1, 0.15) is 54.2 Å². The predicted octanol–water partition coefficient (Wildman–Crippen LogP) is 5.67. The molecule has 1 aromatic heterocycles. The van der Waals surface area contributed by atoms with Crippen LogP contribution in [0.25, 0.3) is 0 Å². The number of likely N-dealkylation sites (N-methyl/N-ethyl adjacent to an activating group) is 1. The number of sulfonamides is 1. The smallest absolute Gasteiger partial charge is 0.420 e. The lowest BCUT2D eigenvalue weighted by Gasteiger charge is -2.35. The van der Waals surface area contributed by atoms with Crippen LogP contribution in [0.15, 0.2) is 35.4 Å². The Morgan fingerprint density at radius 2 is 1.81 bits per heavy atom. The van der Waals surface area contributed by atoms with Crippen LogP contribution >= 0.6 is 0 Å². The van der Waals surface area contributed by atoms with Crippen LogP contribution in [0, 0.1) is 11.8 Å². The summed E-state index contributed by atoms with van der Waals surface area (Å²) < 4.78 is 133. The number of halogens is 7. The van der Waals surface area contributed by atoms with Gasteiger partial charge in [0, 0.05) is 61.8 Å². The molecule has 1 aromatic carbocycles. The lowest BCUT2D eigenvalue weighted by Crippen LogP contribution is -2.45. The molecule has 0 amide bonds. The third-order valence-electron chi connectivity index (χ3n) is 8.51. The molecule has 0 bridgehead atoms. The van der Waals surface area contributed by atoms with Crippen LogP contribution in [0.4, 0.5) is 36.4 Å². The molecule has 2 saturated carbocycles. The van der Waals surface area contributed by atoms with Crippen LogP contribution in [-0.4, -0.2) is 66.3 Å². The number of fused-ring (bicyclic) bond motifs is 2. The standard InChI is InChI=1S/C27H28F7N3O5S/c1-25(28,29)6-5-15-12-37(16-8-17-18(9-16)26(17,30)31)20-10-19(27(32,33)34)21(11-22(20)43(40,41)36(15)2)42-13-14-4-3-7-35-23(14)24(38)39/h3-4,7,10-11,15-18H,5-6,8-9,12-13H2,1-2H3,(H,38,39)/t15-,16?,17?,18?/m1/s1. The van der Waals surface area contributed by atoms with E-state index in [9.17, 15) is 49.1 Å². The summed E-state index contributed by atoms with van der Waals surface area (Å²) in [4.78, 5) is 15.9. The summed E-state index contributed by atoms with van der Waals surface area (Å²) in [6.45, 7) is -0.329. The first-order valence-electron chi connectivity index (χ1n) is 13.4. The van der Waals surface area contributed by atoms with Gasteiger partial charge in [0.2, 0.25) is 15.9 Å². The summed E-state index contributed by atoms with van der Waals surface area (Å²) in [5, 5.41) is 9.36. The van der Waals surface area contributed by atoms with Gasteiger partial charge < -0.3 is 14.7 Å². The normalized spacial score (nSPS) is 26.4. The highest BCUT2D eigenvalue weighted by Gasteiger charge is 2.72. The number of aromatic nitrogens is 1. The average molecular weight is 640 g/mol. The van der Waals surface area contributed by atoms with Crippen molar-refractivity contribution in [1.29, 1.82) is 0 Å². The maximum Gasteiger partial charge on any atom is 0.420 e. The minimum absolute atomic E-state index is 0.0775. The first kappa shape index (κ1) is 31.3. The number of ether oxygens (including phenoxy) is 1. The van der Waals surface area contributed by atoms with Gasteiger partial charge in [-0.15, -0.1) is 0 Å². The van der Waals surface area contributed by atoms with Crippen molar-refractivity contribution in [2.75, 3.05) is 18.5 Å². The third kappa shape index (κ3) is 5.87. The molecule has 2 aliphatic carbocycles. The molecular weight excluding hydrogens is 611 g/mol. The van der Waals surface area contributed by atoms with E-state index in [1.54, 1.807) is 0 Å². The topological polar surface area (TPSA) is 100 Å². The quantitative estimate of drug-likeness (QED) is 0.372. The summed E-state index contributed by atoms with van der Waals surface area (Å²) in [5.74, 6) is -10.4. The van der Waals surface area contributed by atoms with Gasteiger partial charge in [-0.1, -0.05) is 6.07 Å². The van der Waals surface area contributed by atoms with Crippen molar-refractivity contribution in [1.82, 2.24) is 9.29 Å². The molecule has 2 heterocycles. The third-order valence-corrected chi connectivity index (χ3v) is 10.4. The Labute approximate surface area is 242 Å². The number of rotatable bonds is 8. The number of carboxylic acids is 1. The van der Waals surface area contributed by atoms with Gasteiger partial charge in [0.15, 0.2) is 5.69 Å². The number of benzene rings is 1. The van der Waals surface area contributed by atoms with Crippen molar-refractivity contribution in [3.63, 3.8) is 0 Å². The lowest BCUT2D eigenvalue weighted by atomic mass is 10.0. The summed E-state index contributed by atoms with van der Waals surface area (Å²) in [6.07, 6.45) is -5.16. The average Bonchev–Trinajstić information content (AvgIpc) is 3.22. The molecule has 1 aliphatic heterocycles. The molecule has 2 fully saturated rings. The van der Waals surface area contributed by atoms with Crippen LogP contribution in [0.2, 0.25) is 0 Å². The zero-order valence-electron chi connectivity index (χ0n) is 22.9. The Morgan fingerprint density at radius 3 is 2.40 bits per heavy atom. The van der Waals surface area contributed by atoms with E-state index < -0.39 is 92.9 Å². The van der Waals surface area contributed by atoms with Gasteiger partial charge >= 0.3 is 12.1 Å². The molecule has 1 N–H and O–H groups in total. The van der Waals surface area contributed by atoms with Gasteiger partial charge in [-0.25, -0.2) is 35.8 Å². The number of pyridine rings is 1. The second-order valence-electron chi connectivity index (χ2n) is 11.4. The van der Waals surface area contributed by atoms with Crippen LogP contribution < -0.4 is 9.64 Å². The zero-order valence-corrected chi connectivity index (χ0v) is 23.7. The highest BCUT2D eigenvalue weighted by molar-refractivity contribution is 7.89. The fraction of sp³-hybridized carbons (Fsp3) is 0.556. The Balaban J connectivity index is 1.60. The summed E-state index contributed by atoms with van der Waals surface area (Å²) in [7, 11) is -3.47. The summed E-state index contributed by atoms with van der Waals surface area (Å²) in [5.41, 5.74) is -2.32. The highest BCUT2D eigenvalue weighted by Crippen LogP contribution is 2.65. The second kappa shape index (κ2) is 10.5. The molecule has 16 heteroatoms. The van der Waals surface area contributed by atoms with Crippen molar-refractivity contribution in [2.24, 2.45) is 11.8 Å². The first-order valence-corrected chi connectivity index (χ1v) is 14.8. The number of nitrogens with zero attached hydrogens (tertiary/aromatic N) is 3. The van der Waals surface area contributed by atoms with E-state index >= 15 is 0 Å². The number of aromatic carboxylic acids is 1. The molecular formula is C27H28F7N3O5S. The predicted molar refractivity (Wildman–Crippen MR) is 138 cm³/mol. The van der Waals surface area contributed by atoms with Crippen molar-refractivity contribution >= 4 is 21.7 Å². The summed E-state index contributed by atoms with van der Waals surface area (Å²) in [6, 6.07) is 2.02. The van der Waals surface area contributed by atoms with Gasteiger partial charge in [0.05, 0.1) is 11.3 Å². The number of carboxylic acid groups (broad SMARTS) is 1. The lowest BCUT2D eigenvalue weighted by molar-refractivity contribution is -0.139. The molecule has 3 aliphatic rings. The van der Waals surface area contributed by atoms with E-state index in [1.807, 2.05) is 0 Å². The Bertz CT molecular complexity index is 1520. The fourth-order valence-corrected chi connectivity index (χ4v) is 7.67. The highest BCUT2D eigenvalue weighted by atomic mass is 32.2. The van der Waals surface area contributed by atoms with E-state index in [1.165, 1.54) is 23.2 Å².